The van der Waals surface area contributed by atoms with Gasteiger partial charge in [-0.05, 0) is 63.4 Å². The van der Waals surface area contributed by atoms with Crippen molar-refractivity contribution >= 4 is 0 Å². The van der Waals surface area contributed by atoms with Gasteiger partial charge in [-0.15, -0.1) is 0 Å². The standard InChI is InChI=1S/C16H26N2O/c1-18(2)14(12-17)10-11-19-16-9-5-7-13-6-3-4-8-15(13)16/h5,7,9,14H,3-4,6,8,10-12,17H2,1-2H3. The molecule has 0 saturated carbocycles. The third-order valence-corrected chi connectivity index (χ3v) is 4.06. The zero-order chi connectivity index (χ0) is 13.7. The minimum atomic E-state index is 0.402. The normalized spacial score (nSPS) is 16.2. The number of rotatable bonds is 6. The van der Waals surface area contributed by atoms with Gasteiger partial charge in [-0.2, -0.15) is 0 Å². The molecule has 1 aromatic rings. The third-order valence-electron chi connectivity index (χ3n) is 4.06. The Balaban J connectivity index is 1.93. The smallest absolute Gasteiger partial charge is 0.122 e. The summed E-state index contributed by atoms with van der Waals surface area (Å²) in [6, 6.07) is 6.87. The maximum Gasteiger partial charge on any atom is 0.122 e. The van der Waals surface area contributed by atoms with Crippen molar-refractivity contribution in [1.29, 1.82) is 0 Å². The van der Waals surface area contributed by atoms with E-state index in [4.69, 9.17) is 10.5 Å². The minimum Gasteiger partial charge on any atom is -0.493 e. The molecule has 0 aliphatic heterocycles. The van der Waals surface area contributed by atoms with Gasteiger partial charge < -0.3 is 15.4 Å². The van der Waals surface area contributed by atoms with Crippen molar-refractivity contribution in [2.24, 2.45) is 5.73 Å². The molecule has 0 amide bonds. The van der Waals surface area contributed by atoms with E-state index < -0.39 is 0 Å². The van der Waals surface area contributed by atoms with Crippen LogP contribution < -0.4 is 10.5 Å². The Labute approximate surface area is 116 Å². The van der Waals surface area contributed by atoms with Gasteiger partial charge in [-0.25, -0.2) is 0 Å². The van der Waals surface area contributed by atoms with Crippen molar-refractivity contribution in [2.75, 3.05) is 27.2 Å². The molecular weight excluding hydrogens is 236 g/mol. The molecule has 19 heavy (non-hydrogen) atoms. The van der Waals surface area contributed by atoms with Gasteiger partial charge in [-0.3, -0.25) is 0 Å². The summed E-state index contributed by atoms with van der Waals surface area (Å²) in [5.74, 6) is 1.09. The second kappa shape index (κ2) is 6.92. The Hall–Kier alpha value is -1.06. The van der Waals surface area contributed by atoms with E-state index in [9.17, 15) is 0 Å². The summed E-state index contributed by atoms with van der Waals surface area (Å²) in [4.78, 5) is 2.17. The zero-order valence-corrected chi connectivity index (χ0v) is 12.2. The molecule has 0 spiro atoms. The first-order chi connectivity index (χ1) is 9.22. The van der Waals surface area contributed by atoms with Gasteiger partial charge in [0.2, 0.25) is 0 Å². The number of aryl methyl sites for hydroxylation is 1. The lowest BCUT2D eigenvalue weighted by Crippen LogP contribution is -2.36. The Morgan fingerprint density at radius 2 is 2.05 bits per heavy atom. The molecule has 2 rings (SSSR count). The lowest BCUT2D eigenvalue weighted by Gasteiger charge is -2.24. The Morgan fingerprint density at radius 1 is 1.26 bits per heavy atom. The van der Waals surface area contributed by atoms with E-state index in [2.05, 4.69) is 37.2 Å². The monoisotopic (exact) mass is 262 g/mol. The number of hydrogen-bond donors (Lipinski definition) is 1. The molecule has 106 valence electrons. The first-order valence-corrected chi connectivity index (χ1v) is 7.32. The molecule has 1 unspecified atom stereocenters. The van der Waals surface area contributed by atoms with E-state index >= 15 is 0 Å². The number of likely N-dealkylation sites (N-methyl/N-ethyl adjacent to an activating group) is 1. The molecule has 1 atom stereocenters. The first-order valence-electron chi connectivity index (χ1n) is 7.32. The van der Waals surface area contributed by atoms with Crippen molar-refractivity contribution < 1.29 is 4.74 Å². The highest BCUT2D eigenvalue weighted by molar-refractivity contribution is 5.41. The molecule has 0 saturated heterocycles. The summed E-state index contributed by atoms with van der Waals surface area (Å²) in [6.45, 7) is 1.43. The van der Waals surface area contributed by atoms with Crippen LogP contribution in [0.5, 0.6) is 5.75 Å². The quantitative estimate of drug-likeness (QED) is 0.854. The predicted molar refractivity (Wildman–Crippen MR) is 79.7 cm³/mol. The van der Waals surface area contributed by atoms with E-state index in [1.54, 1.807) is 0 Å². The SMILES string of the molecule is CN(C)C(CN)CCOc1cccc2c1CCCC2. The summed E-state index contributed by atoms with van der Waals surface area (Å²) < 4.78 is 6.00. The van der Waals surface area contributed by atoms with Gasteiger partial charge in [0.1, 0.15) is 5.75 Å². The van der Waals surface area contributed by atoms with Crippen LogP contribution in [0.1, 0.15) is 30.4 Å². The molecule has 1 aromatic carbocycles. The van der Waals surface area contributed by atoms with Crippen LogP contribution in [-0.2, 0) is 12.8 Å². The minimum absolute atomic E-state index is 0.402. The van der Waals surface area contributed by atoms with Crippen LogP contribution >= 0.6 is 0 Å². The average Bonchev–Trinajstić information content (AvgIpc) is 2.43. The van der Waals surface area contributed by atoms with Gasteiger partial charge in [0.25, 0.3) is 0 Å². The van der Waals surface area contributed by atoms with Crippen molar-refractivity contribution in [3.05, 3.63) is 29.3 Å². The van der Waals surface area contributed by atoms with Gasteiger partial charge in [0.05, 0.1) is 6.61 Å². The zero-order valence-electron chi connectivity index (χ0n) is 12.2. The lowest BCUT2D eigenvalue weighted by atomic mass is 9.91. The number of ether oxygens (including phenoxy) is 1. The highest BCUT2D eigenvalue weighted by Crippen LogP contribution is 2.29. The van der Waals surface area contributed by atoms with E-state index in [0.29, 0.717) is 12.6 Å². The first kappa shape index (κ1) is 14.4. The van der Waals surface area contributed by atoms with Gasteiger partial charge >= 0.3 is 0 Å². The summed E-state index contributed by atoms with van der Waals surface area (Å²) in [6.07, 6.45) is 5.95. The summed E-state index contributed by atoms with van der Waals surface area (Å²) >= 11 is 0. The molecule has 0 fully saturated rings. The van der Waals surface area contributed by atoms with Crippen LogP contribution in [0.25, 0.3) is 0 Å². The second-order valence-electron chi connectivity index (χ2n) is 5.59. The van der Waals surface area contributed by atoms with Crippen molar-refractivity contribution in [1.82, 2.24) is 4.90 Å². The van der Waals surface area contributed by atoms with Crippen LogP contribution in [0.4, 0.5) is 0 Å². The molecule has 0 heterocycles. The van der Waals surface area contributed by atoms with Crippen LogP contribution in [-0.4, -0.2) is 38.2 Å². The Morgan fingerprint density at radius 3 is 2.79 bits per heavy atom. The van der Waals surface area contributed by atoms with Crippen LogP contribution in [0.2, 0.25) is 0 Å². The van der Waals surface area contributed by atoms with Crippen LogP contribution in [0.3, 0.4) is 0 Å². The van der Waals surface area contributed by atoms with E-state index in [0.717, 1.165) is 18.8 Å². The molecule has 3 nitrogen and oxygen atoms in total. The van der Waals surface area contributed by atoms with Crippen molar-refractivity contribution in [3.63, 3.8) is 0 Å². The van der Waals surface area contributed by atoms with Crippen LogP contribution in [0.15, 0.2) is 18.2 Å². The maximum atomic E-state index is 6.00. The highest BCUT2D eigenvalue weighted by Gasteiger charge is 2.14. The molecule has 0 radical (unpaired) electrons. The number of benzene rings is 1. The Kier molecular flexibility index (Phi) is 5.23. The van der Waals surface area contributed by atoms with Gasteiger partial charge in [0.15, 0.2) is 0 Å². The van der Waals surface area contributed by atoms with Gasteiger partial charge in [0, 0.05) is 12.6 Å². The second-order valence-corrected chi connectivity index (χ2v) is 5.59. The highest BCUT2D eigenvalue weighted by atomic mass is 16.5. The van der Waals surface area contributed by atoms with Crippen molar-refractivity contribution in [3.8, 4) is 5.75 Å². The fourth-order valence-corrected chi connectivity index (χ4v) is 2.77. The summed E-state index contributed by atoms with van der Waals surface area (Å²) in [7, 11) is 4.14. The largest absolute Gasteiger partial charge is 0.493 e. The molecule has 0 bridgehead atoms. The fraction of sp³-hybridized carbons (Fsp3) is 0.625. The maximum absolute atomic E-state index is 6.00. The van der Waals surface area contributed by atoms with Crippen LogP contribution in [0, 0.1) is 0 Å². The number of nitrogens with two attached hydrogens (primary N) is 1. The average molecular weight is 262 g/mol. The topological polar surface area (TPSA) is 38.5 Å². The Bertz CT molecular complexity index is 404. The van der Waals surface area contributed by atoms with E-state index in [-0.39, 0.29) is 0 Å². The van der Waals surface area contributed by atoms with Crippen molar-refractivity contribution in [2.45, 2.75) is 38.1 Å². The molecular formula is C16H26N2O. The molecule has 1 aliphatic rings. The van der Waals surface area contributed by atoms with Gasteiger partial charge in [-0.1, -0.05) is 12.1 Å². The summed E-state index contributed by atoms with van der Waals surface area (Å²) in [5, 5.41) is 0. The lowest BCUT2D eigenvalue weighted by molar-refractivity contribution is 0.224. The molecule has 1 aliphatic carbocycles. The fourth-order valence-electron chi connectivity index (χ4n) is 2.77. The predicted octanol–water partition coefficient (Wildman–Crippen LogP) is 2.22. The summed E-state index contributed by atoms with van der Waals surface area (Å²) in [5.41, 5.74) is 8.68. The molecule has 2 N–H and O–H groups in total. The number of hydrogen-bond acceptors (Lipinski definition) is 3. The van der Waals surface area contributed by atoms with E-state index in [1.807, 2.05) is 0 Å². The molecule has 0 aromatic heterocycles. The molecule has 3 heteroatoms. The number of nitrogens with zero attached hydrogens (tertiary/aromatic N) is 1. The third kappa shape index (κ3) is 3.71. The number of fused-ring (bicyclic) bond motifs is 1. The van der Waals surface area contributed by atoms with E-state index in [1.165, 1.54) is 36.8 Å².